The van der Waals surface area contributed by atoms with Crippen LogP contribution in [0.2, 0.25) is 0 Å². The molecule has 0 saturated heterocycles. The first-order chi connectivity index (χ1) is 8.38. The summed E-state index contributed by atoms with van der Waals surface area (Å²) in [6.07, 6.45) is 1.77. The summed E-state index contributed by atoms with van der Waals surface area (Å²) in [5.41, 5.74) is 8.16. The van der Waals surface area contributed by atoms with Crippen molar-refractivity contribution in [3.63, 3.8) is 0 Å². The molecule has 0 aliphatic carbocycles. The molecule has 0 atom stereocenters. The maximum Gasteiger partial charge on any atom is 0.150 e. The summed E-state index contributed by atoms with van der Waals surface area (Å²) >= 11 is 0. The Hall–Kier alpha value is -2.20. The van der Waals surface area contributed by atoms with Crippen LogP contribution in [-0.2, 0) is 6.54 Å². The quantitative estimate of drug-likeness (QED) is 0.727. The van der Waals surface area contributed by atoms with Crippen LogP contribution in [0.5, 0.6) is 0 Å². The van der Waals surface area contributed by atoms with Gasteiger partial charge in [0.05, 0.1) is 12.1 Å². The van der Waals surface area contributed by atoms with E-state index in [0.29, 0.717) is 12.3 Å². The zero-order chi connectivity index (χ0) is 11.7. The van der Waals surface area contributed by atoms with Gasteiger partial charge in [-0.2, -0.15) is 0 Å². The first kappa shape index (κ1) is 9.99. The number of para-hydroxylation sites is 1. The van der Waals surface area contributed by atoms with E-state index in [0.717, 1.165) is 22.2 Å². The molecule has 0 saturated carbocycles. The molecule has 3 rings (SSSR count). The van der Waals surface area contributed by atoms with E-state index in [1.807, 2.05) is 36.4 Å². The van der Waals surface area contributed by atoms with Crippen LogP contribution in [0.25, 0.3) is 22.2 Å². The summed E-state index contributed by atoms with van der Waals surface area (Å²) in [7, 11) is 0. The monoisotopic (exact) mass is 225 g/mol. The molecule has 84 valence electrons. The van der Waals surface area contributed by atoms with E-state index in [9.17, 15) is 0 Å². The van der Waals surface area contributed by atoms with Crippen molar-refractivity contribution in [1.29, 1.82) is 0 Å². The number of hydrogen-bond donors (Lipinski definition) is 1. The number of fused-ring (bicyclic) bond motifs is 1. The summed E-state index contributed by atoms with van der Waals surface area (Å²) in [5, 5.41) is 5.10. The fourth-order valence-electron chi connectivity index (χ4n) is 1.85. The molecule has 0 spiro atoms. The van der Waals surface area contributed by atoms with Gasteiger partial charge in [-0.3, -0.25) is 4.98 Å². The Morgan fingerprint density at radius 1 is 1.18 bits per heavy atom. The molecule has 0 fully saturated rings. The fraction of sp³-hybridized carbons (Fsp3) is 0.0769. The second kappa shape index (κ2) is 3.99. The third-order valence-corrected chi connectivity index (χ3v) is 2.67. The topological polar surface area (TPSA) is 64.9 Å². The van der Waals surface area contributed by atoms with Gasteiger partial charge in [0.2, 0.25) is 0 Å². The number of aromatic nitrogens is 2. The average molecular weight is 225 g/mol. The predicted octanol–water partition coefficient (Wildman–Crippen LogP) is 2.35. The molecule has 0 unspecified atom stereocenters. The van der Waals surface area contributed by atoms with Crippen LogP contribution in [0.15, 0.2) is 47.1 Å². The summed E-state index contributed by atoms with van der Waals surface area (Å²) in [6, 6.07) is 11.8. The molecule has 2 aromatic heterocycles. The Bertz CT molecular complexity index is 655. The van der Waals surface area contributed by atoms with Crippen LogP contribution in [0, 0.1) is 0 Å². The van der Waals surface area contributed by atoms with E-state index in [4.69, 9.17) is 10.3 Å². The van der Waals surface area contributed by atoms with Crippen molar-refractivity contribution < 1.29 is 4.52 Å². The van der Waals surface area contributed by atoms with Crippen LogP contribution in [0.4, 0.5) is 0 Å². The molecule has 4 nitrogen and oxygen atoms in total. The molecule has 2 heterocycles. The highest BCUT2D eigenvalue weighted by atomic mass is 16.5. The standard InChI is InChI=1S/C13H11N3O/c14-8-10-7-12(16-17-10)11-5-1-3-9-4-2-6-15-13(9)11/h1-7H,8,14H2. The zero-order valence-electron chi connectivity index (χ0n) is 9.13. The van der Waals surface area contributed by atoms with Gasteiger partial charge in [0, 0.05) is 23.2 Å². The molecule has 2 N–H and O–H groups in total. The Balaban J connectivity index is 2.23. The third kappa shape index (κ3) is 1.68. The summed E-state index contributed by atoms with van der Waals surface area (Å²) in [5.74, 6) is 0.674. The molecule has 0 aliphatic heterocycles. The lowest BCUT2D eigenvalue weighted by atomic mass is 10.1. The number of nitrogens with zero attached hydrogens (tertiary/aromatic N) is 2. The van der Waals surface area contributed by atoms with E-state index in [1.165, 1.54) is 0 Å². The normalized spacial score (nSPS) is 10.9. The lowest BCUT2D eigenvalue weighted by Crippen LogP contribution is -1.92. The van der Waals surface area contributed by atoms with Gasteiger partial charge in [0.15, 0.2) is 5.76 Å². The molecule has 0 amide bonds. The predicted molar refractivity (Wildman–Crippen MR) is 65.1 cm³/mol. The molecule has 0 bridgehead atoms. The van der Waals surface area contributed by atoms with Gasteiger partial charge in [-0.25, -0.2) is 0 Å². The maximum atomic E-state index is 5.50. The minimum atomic E-state index is 0.352. The highest BCUT2D eigenvalue weighted by Gasteiger charge is 2.09. The first-order valence-corrected chi connectivity index (χ1v) is 5.38. The van der Waals surface area contributed by atoms with Crippen molar-refractivity contribution in [2.45, 2.75) is 6.54 Å². The van der Waals surface area contributed by atoms with E-state index in [-0.39, 0.29) is 0 Å². The number of rotatable bonds is 2. The van der Waals surface area contributed by atoms with Gasteiger partial charge in [0.1, 0.15) is 5.69 Å². The first-order valence-electron chi connectivity index (χ1n) is 5.38. The largest absolute Gasteiger partial charge is 0.359 e. The third-order valence-electron chi connectivity index (χ3n) is 2.67. The Morgan fingerprint density at radius 3 is 2.88 bits per heavy atom. The van der Waals surface area contributed by atoms with E-state index in [2.05, 4.69) is 10.1 Å². The minimum absolute atomic E-state index is 0.352. The Morgan fingerprint density at radius 2 is 2.06 bits per heavy atom. The lowest BCUT2D eigenvalue weighted by Gasteiger charge is -2.01. The van der Waals surface area contributed by atoms with Gasteiger partial charge >= 0.3 is 0 Å². The van der Waals surface area contributed by atoms with Gasteiger partial charge in [-0.05, 0) is 6.07 Å². The van der Waals surface area contributed by atoms with Crippen LogP contribution in [0.3, 0.4) is 0 Å². The van der Waals surface area contributed by atoms with Crippen LogP contribution >= 0.6 is 0 Å². The number of benzene rings is 1. The van der Waals surface area contributed by atoms with Crippen molar-refractivity contribution in [3.8, 4) is 11.3 Å². The van der Waals surface area contributed by atoms with Gasteiger partial charge in [0.25, 0.3) is 0 Å². The SMILES string of the molecule is NCc1cc(-c2cccc3cccnc23)no1. The van der Waals surface area contributed by atoms with Crippen molar-refractivity contribution in [2.24, 2.45) is 5.73 Å². The minimum Gasteiger partial charge on any atom is -0.359 e. The highest BCUT2D eigenvalue weighted by Crippen LogP contribution is 2.26. The summed E-state index contributed by atoms with van der Waals surface area (Å²) in [6.45, 7) is 0.352. The van der Waals surface area contributed by atoms with Crippen molar-refractivity contribution in [3.05, 3.63) is 48.4 Å². The number of nitrogens with two attached hydrogens (primary N) is 1. The highest BCUT2D eigenvalue weighted by molar-refractivity contribution is 5.92. The maximum absolute atomic E-state index is 5.50. The second-order valence-corrected chi connectivity index (χ2v) is 3.76. The summed E-state index contributed by atoms with van der Waals surface area (Å²) < 4.78 is 5.11. The van der Waals surface area contributed by atoms with Crippen LogP contribution in [0.1, 0.15) is 5.76 Å². The molecule has 0 aliphatic rings. The molecular formula is C13H11N3O. The average Bonchev–Trinajstić information content (AvgIpc) is 2.87. The second-order valence-electron chi connectivity index (χ2n) is 3.76. The van der Waals surface area contributed by atoms with Crippen molar-refractivity contribution >= 4 is 10.9 Å². The summed E-state index contributed by atoms with van der Waals surface area (Å²) in [4.78, 5) is 4.38. The smallest absolute Gasteiger partial charge is 0.150 e. The molecule has 1 aromatic carbocycles. The lowest BCUT2D eigenvalue weighted by molar-refractivity contribution is 0.387. The molecule has 0 radical (unpaired) electrons. The van der Waals surface area contributed by atoms with Crippen molar-refractivity contribution in [1.82, 2.24) is 10.1 Å². The van der Waals surface area contributed by atoms with Gasteiger partial charge in [-0.15, -0.1) is 0 Å². The van der Waals surface area contributed by atoms with E-state index < -0.39 is 0 Å². The molecule has 4 heteroatoms. The van der Waals surface area contributed by atoms with Crippen molar-refractivity contribution in [2.75, 3.05) is 0 Å². The fourth-order valence-corrected chi connectivity index (χ4v) is 1.85. The number of hydrogen-bond acceptors (Lipinski definition) is 4. The molecule has 3 aromatic rings. The van der Waals surface area contributed by atoms with Crippen LogP contribution in [-0.4, -0.2) is 10.1 Å². The molecular weight excluding hydrogens is 214 g/mol. The zero-order valence-corrected chi connectivity index (χ0v) is 9.13. The van der Waals surface area contributed by atoms with Gasteiger partial charge in [-0.1, -0.05) is 29.4 Å². The van der Waals surface area contributed by atoms with E-state index in [1.54, 1.807) is 6.20 Å². The Kier molecular flexibility index (Phi) is 2.34. The molecule has 17 heavy (non-hydrogen) atoms. The van der Waals surface area contributed by atoms with Gasteiger partial charge < -0.3 is 10.3 Å². The number of pyridine rings is 1. The van der Waals surface area contributed by atoms with Crippen LogP contribution < -0.4 is 5.73 Å². The Labute approximate surface area is 98.1 Å². The van der Waals surface area contributed by atoms with E-state index >= 15 is 0 Å².